The van der Waals surface area contributed by atoms with Gasteiger partial charge < -0.3 is 14.8 Å². The maximum absolute atomic E-state index is 6.21. The van der Waals surface area contributed by atoms with Gasteiger partial charge in [-0.05, 0) is 44.7 Å². The molecule has 1 aliphatic carbocycles. The minimum Gasteiger partial charge on any atom is -0.379 e. The summed E-state index contributed by atoms with van der Waals surface area (Å²) in [4.78, 5) is 0. The van der Waals surface area contributed by atoms with Crippen LogP contribution in [0.2, 0.25) is 0 Å². The van der Waals surface area contributed by atoms with Gasteiger partial charge in [0.15, 0.2) is 0 Å². The summed E-state index contributed by atoms with van der Waals surface area (Å²) >= 11 is 0. The van der Waals surface area contributed by atoms with E-state index in [0.29, 0.717) is 12.6 Å². The quantitative estimate of drug-likeness (QED) is 0.751. The smallest absolute Gasteiger partial charge is 0.0956 e. The van der Waals surface area contributed by atoms with Crippen LogP contribution in [0.15, 0.2) is 24.3 Å². The van der Waals surface area contributed by atoms with Gasteiger partial charge in [0.2, 0.25) is 0 Å². The third-order valence-corrected chi connectivity index (χ3v) is 3.66. The summed E-state index contributed by atoms with van der Waals surface area (Å²) in [5.74, 6) is 0. The van der Waals surface area contributed by atoms with Gasteiger partial charge in [-0.15, -0.1) is 0 Å². The Bertz CT molecular complexity index is 404. The van der Waals surface area contributed by atoms with Crippen LogP contribution >= 0.6 is 0 Å². The van der Waals surface area contributed by atoms with Crippen molar-refractivity contribution >= 4 is 0 Å². The van der Waals surface area contributed by atoms with Crippen molar-refractivity contribution in [3.05, 3.63) is 35.4 Å². The van der Waals surface area contributed by atoms with Gasteiger partial charge in [-0.1, -0.05) is 24.3 Å². The fourth-order valence-corrected chi connectivity index (χ4v) is 2.34. The number of rotatable bonds is 9. The highest BCUT2D eigenvalue weighted by molar-refractivity contribution is 5.28. The van der Waals surface area contributed by atoms with E-state index in [0.717, 1.165) is 13.2 Å². The van der Waals surface area contributed by atoms with Crippen molar-refractivity contribution in [3.8, 4) is 0 Å². The minimum absolute atomic E-state index is 0.104. The summed E-state index contributed by atoms with van der Waals surface area (Å²) in [7, 11) is 0. The second kappa shape index (κ2) is 7.77. The first-order valence-corrected chi connectivity index (χ1v) is 7.72. The zero-order chi connectivity index (χ0) is 14.4. The molecule has 0 heterocycles. The maximum atomic E-state index is 6.21. The van der Waals surface area contributed by atoms with Crippen LogP contribution in [0, 0.1) is 6.92 Å². The van der Waals surface area contributed by atoms with Gasteiger partial charge in [-0.3, -0.25) is 0 Å². The monoisotopic (exact) mass is 277 g/mol. The average molecular weight is 277 g/mol. The third kappa shape index (κ3) is 4.89. The van der Waals surface area contributed by atoms with E-state index in [9.17, 15) is 0 Å². The van der Waals surface area contributed by atoms with Crippen molar-refractivity contribution in [1.82, 2.24) is 5.32 Å². The lowest BCUT2D eigenvalue weighted by atomic mass is 10.0. The summed E-state index contributed by atoms with van der Waals surface area (Å²) in [6.07, 6.45) is 2.82. The third-order valence-electron chi connectivity index (χ3n) is 3.66. The molecule has 2 atom stereocenters. The molecule has 3 nitrogen and oxygen atoms in total. The van der Waals surface area contributed by atoms with Crippen LogP contribution in [0.3, 0.4) is 0 Å². The first-order chi connectivity index (χ1) is 9.70. The molecule has 3 heteroatoms. The molecule has 1 saturated carbocycles. The van der Waals surface area contributed by atoms with Crippen LogP contribution < -0.4 is 5.32 Å². The molecule has 0 amide bonds. The molecule has 0 spiro atoms. The molecule has 20 heavy (non-hydrogen) atoms. The predicted octanol–water partition coefficient (Wildman–Crippen LogP) is 3.23. The topological polar surface area (TPSA) is 30.5 Å². The van der Waals surface area contributed by atoms with Crippen LogP contribution in [-0.4, -0.2) is 31.9 Å². The Morgan fingerprint density at radius 3 is 2.70 bits per heavy atom. The molecular formula is C17H27NO2. The van der Waals surface area contributed by atoms with E-state index < -0.39 is 0 Å². The van der Waals surface area contributed by atoms with Crippen molar-refractivity contribution in [3.63, 3.8) is 0 Å². The maximum Gasteiger partial charge on any atom is 0.0956 e. The van der Waals surface area contributed by atoms with Crippen LogP contribution in [-0.2, 0) is 9.47 Å². The minimum atomic E-state index is 0.104. The summed E-state index contributed by atoms with van der Waals surface area (Å²) in [5.41, 5.74) is 2.57. The van der Waals surface area contributed by atoms with E-state index in [1.165, 1.54) is 24.0 Å². The van der Waals surface area contributed by atoms with Crippen LogP contribution in [0.5, 0.6) is 0 Å². The van der Waals surface area contributed by atoms with Gasteiger partial charge in [0.25, 0.3) is 0 Å². The highest BCUT2D eigenvalue weighted by Crippen LogP contribution is 2.25. The number of hydrogen-bond acceptors (Lipinski definition) is 3. The van der Waals surface area contributed by atoms with Crippen molar-refractivity contribution in [1.29, 1.82) is 0 Å². The predicted molar refractivity (Wildman–Crippen MR) is 82.0 cm³/mol. The van der Waals surface area contributed by atoms with Crippen LogP contribution in [0.1, 0.15) is 43.9 Å². The molecule has 2 unspecified atom stereocenters. The van der Waals surface area contributed by atoms with Crippen molar-refractivity contribution in [2.24, 2.45) is 0 Å². The van der Waals surface area contributed by atoms with Gasteiger partial charge >= 0.3 is 0 Å². The van der Waals surface area contributed by atoms with Crippen molar-refractivity contribution in [2.45, 2.75) is 51.9 Å². The number of aryl methyl sites for hydroxylation is 1. The molecule has 2 rings (SSSR count). The summed E-state index contributed by atoms with van der Waals surface area (Å²) < 4.78 is 11.7. The molecule has 0 aliphatic heterocycles. The Balaban J connectivity index is 1.97. The molecule has 1 aromatic carbocycles. The highest BCUT2D eigenvalue weighted by Gasteiger charge is 2.24. The fourth-order valence-electron chi connectivity index (χ4n) is 2.34. The molecule has 1 aromatic rings. The number of benzene rings is 1. The van der Waals surface area contributed by atoms with Gasteiger partial charge in [-0.25, -0.2) is 0 Å². The number of hydrogen-bond donors (Lipinski definition) is 1. The van der Waals surface area contributed by atoms with Crippen LogP contribution in [0.25, 0.3) is 0 Å². The first-order valence-electron chi connectivity index (χ1n) is 7.72. The normalized spacial score (nSPS) is 17.9. The van der Waals surface area contributed by atoms with Gasteiger partial charge in [0.05, 0.1) is 18.8 Å². The Kier molecular flexibility index (Phi) is 6.02. The summed E-state index contributed by atoms with van der Waals surface area (Å²) in [5, 5.41) is 3.58. The Morgan fingerprint density at radius 2 is 2.05 bits per heavy atom. The highest BCUT2D eigenvalue weighted by atomic mass is 16.5. The molecule has 0 aromatic heterocycles. The van der Waals surface area contributed by atoms with E-state index in [1.54, 1.807) is 0 Å². The molecule has 0 saturated heterocycles. The lowest BCUT2D eigenvalue weighted by molar-refractivity contribution is -0.0473. The SMILES string of the molecule is CCOCC(C)OC(CNC1CC1)c1ccccc1C. The summed E-state index contributed by atoms with van der Waals surface area (Å²) in [6.45, 7) is 8.52. The molecule has 1 N–H and O–H groups in total. The molecule has 112 valence electrons. The lowest BCUT2D eigenvalue weighted by Gasteiger charge is -2.24. The Morgan fingerprint density at radius 1 is 1.30 bits per heavy atom. The zero-order valence-corrected chi connectivity index (χ0v) is 12.9. The van der Waals surface area contributed by atoms with E-state index in [2.05, 4.69) is 43.4 Å². The van der Waals surface area contributed by atoms with Crippen molar-refractivity contribution < 1.29 is 9.47 Å². The molecule has 1 aliphatic rings. The Labute approximate surface area is 122 Å². The van der Waals surface area contributed by atoms with E-state index in [1.807, 2.05) is 6.92 Å². The second-order valence-corrected chi connectivity index (χ2v) is 5.63. The van der Waals surface area contributed by atoms with Gasteiger partial charge in [-0.2, -0.15) is 0 Å². The average Bonchev–Trinajstić information content (AvgIpc) is 3.26. The molecule has 0 radical (unpaired) electrons. The van der Waals surface area contributed by atoms with Gasteiger partial charge in [0, 0.05) is 19.2 Å². The standard InChI is InChI=1S/C17H27NO2/c1-4-19-12-14(3)20-17(11-18-15-9-10-15)16-8-6-5-7-13(16)2/h5-8,14-15,17-18H,4,9-12H2,1-3H3. The van der Waals surface area contributed by atoms with E-state index in [-0.39, 0.29) is 12.2 Å². The number of ether oxygens (including phenoxy) is 2. The molecule has 0 bridgehead atoms. The van der Waals surface area contributed by atoms with Gasteiger partial charge in [0.1, 0.15) is 0 Å². The Hall–Kier alpha value is -0.900. The fraction of sp³-hybridized carbons (Fsp3) is 0.647. The lowest BCUT2D eigenvalue weighted by Crippen LogP contribution is -2.29. The van der Waals surface area contributed by atoms with E-state index >= 15 is 0 Å². The van der Waals surface area contributed by atoms with E-state index in [4.69, 9.17) is 9.47 Å². The summed E-state index contributed by atoms with van der Waals surface area (Å²) in [6, 6.07) is 9.18. The van der Waals surface area contributed by atoms with Crippen LogP contribution in [0.4, 0.5) is 0 Å². The number of nitrogens with one attached hydrogen (secondary N) is 1. The zero-order valence-electron chi connectivity index (χ0n) is 12.9. The first kappa shape index (κ1) is 15.5. The van der Waals surface area contributed by atoms with Crippen molar-refractivity contribution in [2.75, 3.05) is 19.8 Å². The largest absolute Gasteiger partial charge is 0.379 e. The molecular weight excluding hydrogens is 250 g/mol. The molecule has 1 fully saturated rings. The second-order valence-electron chi connectivity index (χ2n) is 5.63.